The van der Waals surface area contributed by atoms with Gasteiger partial charge in [-0.15, -0.1) is 11.3 Å². The Kier molecular flexibility index (Phi) is 14.6. The van der Waals surface area contributed by atoms with Crippen LogP contribution in [0, 0.1) is 12.8 Å². The Morgan fingerprint density at radius 1 is 0.932 bits per heavy atom. The van der Waals surface area contributed by atoms with Crippen LogP contribution >= 0.6 is 11.3 Å². The lowest BCUT2D eigenvalue weighted by Gasteiger charge is -2.34. The van der Waals surface area contributed by atoms with Crippen molar-refractivity contribution in [3.05, 3.63) is 98.6 Å². The van der Waals surface area contributed by atoms with Gasteiger partial charge in [0.25, 0.3) is 12.3 Å². The molecule has 0 saturated carbocycles. The number of aliphatic hydroxyl groups excluding tert-OH is 1. The van der Waals surface area contributed by atoms with Crippen LogP contribution in [0.15, 0.2) is 52.5 Å². The van der Waals surface area contributed by atoms with Crippen LogP contribution < -0.4 is 10.2 Å². The van der Waals surface area contributed by atoms with Crippen LogP contribution in [0.2, 0.25) is 0 Å². The molecular formula is C54H65F2N9O7S. The second kappa shape index (κ2) is 21.1. The van der Waals surface area contributed by atoms with Crippen LogP contribution in [-0.4, -0.2) is 121 Å². The largest absolute Gasteiger partial charge is 0.391 e. The van der Waals surface area contributed by atoms with Gasteiger partial charge in [-0.1, -0.05) is 43.3 Å². The Morgan fingerprint density at radius 3 is 2.37 bits per heavy atom. The number of nitrogens with zero attached hydrogens (tertiary/aromatic N) is 8. The van der Waals surface area contributed by atoms with E-state index in [1.165, 1.54) is 11.0 Å². The smallest absolute Gasteiger partial charge is 0.264 e. The Hall–Kier alpha value is -6.05. The number of β-amino-alcohol motifs (C(OH)–C–C–N with tert-alkyl or cyclic N) is 1. The highest BCUT2D eigenvalue weighted by atomic mass is 32.1. The Labute approximate surface area is 428 Å². The third kappa shape index (κ3) is 10.0. The van der Waals surface area contributed by atoms with Crippen molar-refractivity contribution in [2.45, 2.75) is 135 Å². The summed E-state index contributed by atoms with van der Waals surface area (Å²) in [5, 5.41) is 23.5. The first-order valence-electron chi connectivity index (χ1n) is 25.9. The number of hydrogen-bond acceptors (Lipinski definition) is 12. The Balaban J connectivity index is 0.810. The van der Waals surface area contributed by atoms with Crippen LogP contribution in [0.1, 0.15) is 152 Å². The fourth-order valence-electron chi connectivity index (χ4n) is 11.7. The lowest BCUT2D eigenvalue weighted by Crippen LogP contribution is -2.48. The topological polar surface area (TPSA) is 179 Å². The van der Waals surface area contributed by atoms with Gasteiger partial charge >= 0.3 is 0 Å². The number of nitrogens with one attached hydrogen (secondary N) is 1. The molecule has 8 heterocycles. The number of fused-ring (bicyclic) bond motifs is 2. The summed E-state index contributed by atoms with van der Waals surface area (Å²) in [6, 6.07) is 11.8. The summed E-state index contributed by atoms with van der Waals surface area (Å²) < 4.78 is 44.0. The zero-order valence-electron chi connectivity index (χ0n) is 42.2. The van der Waals surface area contributed by atoms with E-state index >= 15 is 8.78 Å². The number of anilines is 2. The van der Waals surface area contributed by atoms with Crippen LogP contribution in [0.4, 0.5) is 20.3 Å². The van der Waals surface area contributed by atoms with Crippen molar-refractivity contribution in [2.75, 3.05) is 50.8 Å². The maximum Gasteiger partial charge on any atom is 0.264 e. The highest BCUT2D eigenvalue weighted by Gasteiger charge is 2.44. The molecule has 5 aromatic rings. The maximum absolute atomic E-state index is 15.2. The van der Waals surface area contributed by atoms with E-state index in [1.807, 2.05) is 67.3 Å². The molecule has 5 aliphatic heterocycles. The van der Waals surface area contributed by atoms with Gasteiger partial charge in [-0.3, -0.25) is 23.9 Å². The van der Waals surface area contributed by atoms with Gasteiger partial charge in [0.05, 0.1) is 46.5 Å². The van der Waals surface area contributed by atoms with E-state index in [0.29, 0.717) is 94.6 Å². The quantitative estimate of drug-likeness (QED) is 0.123. The first-order valence-corrected chi connectivity index (χ1v) is 26.7. The minimum absolute atomic E-state index is 0.00133. The summed E-state index contributed by atoms with van der Waals surface area (Å²) in [6.07, 6.45) is 0.976. The predicted octanol–water partition coefficient (Wildman–Crippen LogP) is 8.18. The molecule has 4 amide bonds. The average Bonchev–Trinajstić information content (AvgIpc) is 4.22. The van der Waals surface area contributed by atoms with E-state index in [9.17, 15) is 24.3 Å². The monoisotopic (exact) mass is 1020 g/mol. The molecule has 0 spiro atoms. The molecule has 16 nitrogen and oxygen atoms in total. The predicted molar refractivity (Wildman–Crippen MR) is 270 cm³/mol. The number of piperidine rings is 1. The molecule has 0 radical (unpaired) electrons. The zero-order valence-corrected chi connectivity index (χ0v) is 43.0. The number of halogens is 2. The highest BCUT2D eigenvalue weighted by molar-refractivity contribution is 7.13. The van der Waals surface area contributed by atoms with E-state index in [2.05, 4.69) is 20.1 Å². The second-order valence-electron chi connectivity index (χ2n) is 20.8. The Morgan fingerprint density at radius 2 is 1.68 bits per heavy atom. The SMILES string of the molecule is CC(=O)N1CCc2c(c(N3CCCc4cc(C(=O)N5CCC(c6cc([C@H](C(=O)N7C[C@H](O)C[C@H]7C(=O)N[C@@H](C)c7ccc(-c8scnc8C)cc7)C(C)C)on6)CC5)c(C(F)F)cc43)nn2C2CCOCC2)C1. The molecule has 19 heteroatoms. The van der Waals surface area contributed by atoms with Gasteiger partial charge in [-0.2, -0.15) is 5.10 Å². The van der Waals surface area contributed by atoms with Gasteiger partial charge in [0.15, 0.2) is 5.82 Å². The summed E-state index contributed by atoms with van der Waals surface area (Å²) in [7, 11) is 0. The molecule has 3 fully saturated rings. The molecule has 388 valence electrons. The van der Waals surface area contributed by atoms with Gasteiger partial charge < -0.3 is 39.3 Å². The van der Waals surface area contributed by atoms with Crippen molar-refractivity contribution in [1.82, 2.24) is 39.9 Å². The number of hydrogen-bond donors (Lipinski definition) is 2. The highest BCUT2D eigenvalue weighted by Crippen LogP contribution is 2.43. The number of ether oxygens (including phenoxy) is 1. The maximum atomic E-state index is 15.2. The van der Waals surface area contributed by atoms with Crippen molar-refractivity contribution in [3.8, 4) is 10.4 Å². The van der Waals surface area contributed by atoms with Gasteiger partial charge in [0.2, 0.25) is 17.7 Å². The fraction of sp³-hybridized carbons (Fsp3) is 0.537. The third-order valence-corrected chi connectivity index (χ3v) is 16.7. The molecule has 3 saturated heterocycles. The number of aromatic nitrogens is 4. The summed E-state index contributed by atoms with van der Waals surface area (Å²) in [5.74, 6) is -1.25. The number of aliphatic hydroxyl groups is 1. The number of amides is 4. The lowest BCUT2D eigenvalue weighted by molar-refractivity contribution is -0.141. The summed E-state index contributed by atoms with van der Waals surface area (Å²) in [4.78, 5) is 67.6. The summed E-state index contributed by atoms with van der Waals surface area (Å²) in [6.45, 7) is 12.7. The van der Waals surface area contributed by atoms with Crippen molar-refractivity contribution in [1.29, 1.82) is 0 Å². The minimum Gasteiger partial charge on any atom is -0.391 e. The van der Waals surface area contributed by atoms with E-state index < -0.39 is 30.4 Å². The van der Waals surface area contributed by atoms with Crippen LogP contribution in [0.5, 0.6) is 0 Å². The molecule has 0 unspecified atom stereocenters. The van der Waals surface area contributed by atoms with Gasteiger partial charge in [0, 0.05) is 106 Å². The molecule has 10 rings (SSSR count). The standard InChI is InChI=1S/C54H65F2N9O7S/c1-30(2)48(54(70)64-27-39(67)24-46(64)52(68)58-31(3)34-8-10-36(11-9-34)49-32(4)57-29-73-49)47-26-43(60-72-47)35-12-18-61(19-13-35)53(69)41-23-37-7-6-17-63(45(37)25-40(41)50(55)56)51-42-28-62(33(5)66)20-14-44(42)65(59-51)38-15-21-71-22-16-38/h8-11,23,25-26,29-31,35,38-39,46,48,50,67H,6-7,12-22,24,27-28H2,1-5H3,(H,58,68)/t31-,39+,46-,48+/m0/s1. The number of benzene rings is 2. The van der Waals surface area contributed by atoms with Crippen molar-refractivity contribution in [2.24, 2.45) is 5.92 Å². The van der Waals surface area contributed by atoms with Crippen LogP contribution in [-0.2, 0) is 38.5 Å². The number of carbonyl (C=O) groups is 4. The summed E-state index contributed by atoms with van der Waals surface area (Å²) >= 11 is 1.57. The molecule has 0 bridgehead atoms. The molecule has 2 N–H and O–H groups in total. The van der Waals surface area contributed by atoms with Gasteiger partial charge in [0.1, 0.15) is 17.7 Å². The number of rotatable bonds is 12. The normalized spacial score (nSPS) is 20.6. The zero-order chi connectivity index (χ0) is 51.2. The van der Waals surface area contributed by atoms with Crippen molar-refractivity contribution < 1.29 is 42.3 Å². The van der Waals surface area contributed by atoms with Crippen molar-refractivity contribution in [3.63, 3.8) is 0 Å². The fourth-order valence-corrected chi connectivity index (χ4v) is 12.5. The second-order valence-corrected chi connectivity index (χ2v) is 21.7. The van der Waals surface area contributed by atoms with E-state index in [0.717, 1.165) is 57.8 Å². The molecule has 3 aromatic heterocycles. The van der Waals surface area contributed by atoms with Crippen LogP contribution in [0.25, 0.3) is 10.4 Å². The number of aryl methyl sites for hydroxylation is 2. The number of alkyl halides is 2. The molecule has 0 aliphatic carbocycles. The lowest BCUT2D eigenvalue weighted by atomic mass is 9.88. The van der Waals surface area contributed by atoms with Crippen molar-refractivity contribution >= 4 is 46.5 Å². The third-order valence-electron chi connectivity index (χ3n) is 15.8. The minimum atomic E-state index is -2.91. The molecule has 4 atom stereocenters. The molecular weight excluding hydrogens is 957 g/mol. The number of likely N-dealkylation sites (tertiary alicyclic amines) is 2. The van der Waals surface area contributed by atoms with E-state index in [4.69, 9.17) is 14.4 Å². The molecule has 5 aliphatic rings. The van der Waals surface area contributed by atoms with Gasteiger partial charge in [-0.25, -0.2) is 13.8 Å². The first-order chi connectivity index (χ1) is 35.1. The summed E-state index contributed by atoms with van der Waals surface area (Å²) in [5.41, 5.74) is 8.48. The Bertz CT molecular complexity index is 2850. The first kappa shape index (κ1) is 50.5. The van der Waals surface area contributed by atoms with E-state index in [-0.39, 0.29) is 65.7 Å². The number of carbonyl (C=O) groups excluding carboxylic acids is 4. The van der Waals surface area contributed by atoms with E-state index in [1.54, 1.807) is 35.3 Å². The molecule has 73 heavy (non-hydrogen) atoms. The average molecular weight is 1020 g/mol. The number of thiazole rings is 1. The molecule has 2 aromatic carbocycles. The van der Waals surface area contributed by atoms with Gasteiger partial charge in [-0.05, 0) is 87.1 Å². The van der Waals surface area contributed by atoms with Crippen LogP contribution in [0.3, 0.4) is 0 Å².